The topological polar surface area (TPSA) is 50.2 Å². The van der Waals surface area contributed by atoms with Gasteiger partial charge in [-0.3, -0.25) is 0 Å². The largest absolute Gasteiger partial charge is 0.478 e. The van der Waals surface area contributed by atoms with Crippen molar-refractivity contribution < 1.29 is 9.90 Å². The van der Waals surface area contributed by atoms with Crippen LogP contribution in [0.5, 0.6) is 0 Å². The minimum Gasteiger partial charge on any atom is -0.478 e. The van der Waals surface area contributed by atoms with Crippen LogP contribution in [0.2, 0.25) is 0 Å². The Balaban J connectivity index is 2.15. The van der Waals surface area contributed by atoms with Crippen LogP contribution >= 0.6 is 15.9 Å². The summed E-state index contributed by atoms with van der Waals surface area (Å²) in [4.78, 5) is 16.2. The molecule has 116 valence electrons. The molecule has 1 aromatic heterocycles. The van der Waals surface area contributed by atoms with Crippen LogP contribution in [0.3, 0.4) is 0 Å². The second-order valence-corrected chi connectivity index (χ2v) is 6.38. The normalized spacial score (nSPS) is 10.9. The van der Waals surface area contributed by atoms with E-state index in [0.717, 1.165) is 22.9 Å². The molecule has 0 saturated heterocycles. The third-order valence-corrected chi connectivity index (χ3v) is 4.28. The monoisotopic (exact) mass is 369 g/mol. The van der Waals surface area contributed by atoms with Gasteiger partial charge in [0.05, 0.1) is 16.8 Å². The standard InChI is InChI=1S/C19H16BrNO2/c1-2-3-12-4-6-13(7-5-12)17-11-16(19(22)23)15-9-8-14(20)10-18(15)21-17/h4-11H,2-3H2,1H3,(H,22,23). The van der Waals surface area contributed by atoms with E-state index in [0.29, 0.717) is 16.6 Å². The Labute approximate surface area is 143 Å². The van der Waals surface area contributed by atoms with Crippen molar-refractivity contribution in [3.63, 3.8) is 0 Å². The van der Waals surface area contributed by atoms with Crippen molar-refractivity contribution in [3.05, 3.63) is 64.1 Å². The smallest absolute Gasteiger partial charge is 0.336 e. The number of carboxylic acids is 1. The van der Waals surface area contributed by atoms with Gasteiger partial charge in [0.15, 0.2) is 0 Å². The van der Waals surface area contributed by atoms with E-state index in [2.05, 4.69) is 40.0 Å². The Morgan fingerprint density at radius 2 is 1.87 bits per heavy atom. The maximum absolute atomic E-state index is 11.6. The first-order valence-electron chi connectivity index (χ1n) is 7.51. The zero-order valence-corrected chi connectivity index (χ0v) is 14.3. The molecule has 3 aromatic rings. The summed E-state index contributed by atoms with van der Waals surface area (Å²) in [5.41, 5.74) is 3.82. The van der Waals surface area contributed by atoms with Crippen LogP contribution in [0.15, 0.2) is 53.0 Å². The van der Waals surface area contributed by atoms with Crippen LogP contribution in [0.25, 0.3) is 22.2 Å². The number of carbonyl (C=O) groups is 1. The molecule has 3 nitrogen and oxygen atoms in total. The lowest BCUT2D eigenvalue weighted by Gasteiger charge is -2.08. The predicted molar refractivity (Wildman–Crippen MR) is 95.8 cm³/mol. The van der Waals surface area contributed by atoms with Crippen molar-refractivity contribution in [2.24, 2.45) is 0 Å². The third-order valence-electron chi connectivity index (χ3n) is 3.79. The van der Waals surface area contributed by atoms with Crippen LogP contribution < -0.4 is 0 Å². The van der Waals surface area contributed by atoms with Crippen molar-refractivity contribution in [2.75, 3.05) is 0 Å². The molecule has 23 heavy (non-hydrogen) atoms. The number of hydrogen-bond acceptors (Lipinski definition) is 2. The average Bonchev–Trinajstić information content (AvgIpc) is 2.54. The number of hydrogen-bond donors (Lipinski definition) is 1. The fraction of sp³-hybridized carbons (Fsp3) is 0.158. The molecule has 4 heteroatoms. The van der Waals surface area contributed by atoms with E-state index in [1.54, 1.807) is 12.1 Å². The van der Waals surface area contributed by atoms with Gasteiger partial charge in [-0.05, 0) is 30.2 Å². The average molecular weight is 370 g/mol. The molecule has 0 amide bonds. The highest BCUT2D eigenvalue weighted by atomic mass is 79.9. The van der Waals surface area contributed by atoms with Gasteiger partial charge >= 0.3 is 5.97 Å². The number of rotatable bonds is 4. The second-order valence-electron chi connectivity index (χ2n) is 5.47. The van der Waals surface area contributed by atoms with Gasteiger partial charge < -0.3 is 5.11 Å². The van der Waals surface area contributed by atoms with Crippen LogP contribution in [0.1, 0.15) is 29.3 Å². The van der Waals surface area contributed by atoms with Crippen LogP contribution in [0.4, 0.5) is 0 Å². The van der Waals surface area contributed by atoms with Crippen molar-refractivity contribution in [2.45, 2.75) is 19.8 Å². The first kappa shape index (κ1) is 15.7. The lowest BCUT2D eigenvalue weighted by Crippen LogP contribution is -2.00. The van der Waals surface area contributed by atoms with Gasteiger partial charge in [-0.1, -0.05) is 59.6 Å². The SMILES string of the molecule is CCCc1ccc(-c2cc(C(=O)O)c3ccc(Br)cc3n2)cc1. The van der Waals surface area contributed by atoms with E-state index in [1.807, 2.05) is 24.3 Å². The summed E-state index contributed by atoms with van der Waals surface area (Å²) in [5.74, 6) is -0.941. The molecule has 0 bridgehead atoms. The number of pyridine rings is 1. The summed E-state index contributed by atoms with van der Waals surface area (Å²) in [6.45, 7) is 2.15. The molecule has 0 radical (unpaired) electrons. The maximum atomic E-state index is 11.6. The van der Waals surface area contributed by atoms with E-state index in [1.165, 1.54) is 5.56 Å². The first-order valence-corrected chi connectivity index (χ1v) is 8.30. The minimum atomic E-state index is -0.941. The van der Waals surface area contributed by atoms with Crippen molar-refractivity contribution in [3.8, 4) is 11.3 Å². The van der Waals surface area contributed by atoms with E-state index in [-0.39, 0.29) is 5.56 Å². The second kappa shape index (κ2) is 6.50. The molecule has 0 aliphatic rings. The van der Waals surface area contributed by atoms with E-state index < -0.39 is 5.97 Å². The Hall–Kier alpha value is -2.20. The van der Waals surface area contributed by atoms with Crippen LogP contribution in [-0.4, -0.2) is 16.1 Å². The van der Waals surface area contributed by atoms with Gasteiger partial charge in [0.1, 0.15) is 0 Å². The Morgan fingerprint density at radius 1 is 1.13 bits per heavy atom. The fourth-order valence-corrected chi connectivity index (χ4v) is 3.01. The van der Waals surface area contributed by atoms with E-state index in [4.69, 9.17) is 0 Å². The number of fused-ring (bicyclic) bond motifs is 1. The molecule has 3 rings (SSSR count). The molecule has 0 spiro atoms. The van der Waals surface area contributed by atoms with Gasteiger partial charge in [0.2, 0.25) is 0 Å². The summed E-state index contributed by atoms with van der Waals surface area (Å²) >= 11 is 3.41. The summed E-state index contributed by atoms with van der Waals surface area (Å²) in [7, 11) is 0. The van der Waals surface area contributed by atoms with Crippen molar-refractivity contribution in [1.82, 2.24) is 4.98 Å². The number of aromatic nitrogens is 1. The molecule has 0 aliphatic carbocycles. The lowest BCUT2D eigenvalue weighted by molar-refractivity contribution is 0.0699. The zero-order valence-electron chi connectivity index (χ0n) is 12.7. The molecule has 0 aliphatic heterocycles. The summed E-state index contributed by atoms with van der Waals surface area (Å²) in [5, 5.41) is 10.1. The number of carboxylic acid groups (broad SMARTS) is 1. The van der Waals surface area contributed by atoms with Gasteiger partial charge in [-0.15, -0.1) is 0 Å². The molecule has 2 aromatic carbocycles. The van der Waals surface area contributed by atoms with Gasteiger partial charge in [0, 0.05) is 15.4 Å². The molecule has 0 atom stereocenters. The number of nitrogens with zero attached hydrogens (tertiary/aromatic N) is 1. The number of aromatic carboxylic acids is 1. The van der Waals surface area contributed by atoms with Crippen LogP contribution in [0, 0.1) is 0 Å². The summed E-state index contributed by atoms with van der Waals surface area (Å²) < 4.78 is 0.879. The minimum absolute atomic E-state index is 0.273. The molecule has 1 N–H and O–H groups in total. The number of halogens is 1. The first-order chi connectivity index (χ1) is 11.1. The van der Waals surface area contributed by atoms with E-state index >= 15 is 0 Å². The molecule has 0 saturated carbocycles. The lowest BCUT2D eigenvalue weighted by atomic mass is 10.0. The molecule has 1 heterocycles. The zero-order chi connectivity index (χ0) is 16.4. The van der Waals surface area contributed by atoms with Crippen LogP contribution in [-0.2, 0) is 6.42 Å². The summed E-state index contributed by atoms with van der Waals surface area (Å²) in [6.07, 6.45) is 2.14. The summed E-state index contributed by atoms with van der Waals surface area (Å²) in [6, 6.07) is 15.3. The predicted octanol–water partition coefficient (Wildman–Crippen LogP) is 5.32. The van der Waals surface area contributed by atoms with Crippen molar-refractivity contribution in [1.29, 1.82) is 0 Å². The van der Waals surface area contributed by atoms with Gasteiger partial charge in [-0.25, -0.2) is 9.78 Å². The molecule has 0 unspecified atom stereocenters. The number of benzene rings is 2. The highest BCUT2D eigenvalue weighted by molar-refractivity contribution is 9.10. The van der Waals surface area contributed by atoms with Gasteiger partial charge in [0.25, 0.3) is 0 Å². The molecule has 0 fully saturated rings. The van der Waals surface area contributed by atoms with Crippen molar-refractivity contribution >= 4 is 32.8 Å². The fourth-order valence-electron chi connectivity index (χ4n) is 2.66. The highest BCUT2D eigenvalue weighted by Crippen LogP contribution is 2.27. The Kier molecular flexibility index (Phi) is 4.44. The Morgan fingerprint density at radius 3 is 2.52 bits per heavy atom. The molecular weight excluding hydrogens is 354 g/mol. The maximum Gasteiger partial charge on any atom is 0.336 e. The number of aryl methyl sites for hydroxylation is 1. The van der Waals surface area contributed by atoms with E-state index in [9.17, 15) is 9.90 Å². The molecular formula is C19H16BrNO2. The highest BCUT2D eigenvalue weighted by Gasteiger charge is 2.13. The Bertz CT molecular complexity index is 872. The third kappa shape index (κ3) is 3.27. The quantitative estimate of drug-likeness (QED) is 0.677. The van der Waals surface area contributed by atoms with Gasteiger partial charge in [-0.2, -0.15) is 0 Å².